The summed E-state index contributed by atoms with van der Waals surface area (Å²) in [6, 6.07) is 10.3. The maximum absolute atomic E-state index is 11.2. The first kappa shape index (κ1) is 13.8. The second kappa shape index (κ2) is 5.58. The van der Waals surface area contributed by atoms with Crippen LogP contribution in [0.25, 0.3) is 0 Å². The molecule has 2 N–H and O–H groups in total. The number of hydrogen-bond donors (Lipinski definition) is 2. The molecule has 0 aliphatic rings. The van der Waals surface area contributed by atoms with Crippen molar-refractivity contribution in [3.63, 3.8) is 0 Å². The fourth-order valence-electron chi connectivity index (χ4n) is 1.71. The van der Waals surface area contributed by atoms with E-state index in [9.17, 15) is 14.9 Å². The van der Waals surface area contributed by atoms with E-state index in [4.69, 9.17) is 16.7 Å². The number of nitrogens with zero attached hydrogens (tertiary/aromatic N) is 1. The number of carboxylic acid groups (broad SMARTS) is 1. The Morgan fingerprint density at radius 3 is 2.55 bits per heavy atom. The lowest BCUT2D eigenvalue weighted by Crippen LogP contribution is -2.05. The molecule has 0 fully saturated rings. The van der Waals surface area contributed by atoms with Crippen LogP contribution in [0.15, 0.2) is 42.5 Å². The first-order valence-corrected chi connectivity index (χ1v) is 5.90. The number of rotatable bonds is 4. The van der Waals surface area contributed by atoms with Gasteiger partial charge in [-0.3, -0.25) is 10.1 Å². The number of halogens is 1. The molecule has 2 aromatic rings. The monoisotopic (exact) mass is 292 g/mol. The number of para-hydroxylation sites is 1. The van der Waals surface area contributed by atoms with E-state index in [1.165, 1.54) is 18.2 Å². The van der Waals surface area contributed by atoms with Gasteiger partial charge in [0.2, 0.25) is 0 Å². The van der Waals surface area contributed by atoms with Gasteiger partial charge in [-0.1, -0.05) is 23.7 Å². The van der Waals surface area contributed by atoms with E-state index in [-0.39, 0.29) is 16.9 Å². The van der Waals surface area contributed by atoms with Gasteiger partial charge in [0.05, 0.1) is 10.5 Å². The second-order valence-electron chi connectivity index (χ2n) is 3.90. The van der Waals surface area contributed by atoms with Gasteiger partial charge in [-0.05, 0) is 24.3 Å². The topological polar surface area (TPSA) is 92.5 Å². The normalized spacial score (nSPS) is 10.1. The molecule has 0 unspecified atom stereocenters. The van der Waals surface area contributed by atoms with Crippen LogP contribution >= 0.6 is 11.6 Å². The first-order valence-electron chi connectivity index (χ1n) is 5.52. The third-order valence-electron chi connectivity index (χ3n) is 2.56. The van der Waals surface area contributed by atoms with Crippen LogP contribution in [-0.2, 0) is 0 Å². The van der Waals surface area contributed by atoms with Gasteiger partial charge in [0, 0.05) is 16.8 Å². The van der Waals surface area contributed by atoms with E-state index < -0.39 is 10.9 Å². The zero-order valence-electron chi connectivity index (χ0n) is 10.0. The maximum Gasteiger partial charge on any atom is 0.338 e. The van der Waals surface area contributed by atoms with E-state index in [0.29, 0.717) is 10.7 Å². The van der Waals surface area contributed by atoms with Crippen molar-refractivity contribution in [1.82, 2.24) is 0 Å². The van der Waals surface area contributed by atoms with E-state index in [2.05, 4.69) is 5.32 Å². The summed E-state index contributed by atoms with van der Waals surface area (Å²) in [6.45, 7) is 0. The Balaban J connectivity index is 2.53. The van der Waals surface area contributed by atoms with Crippen LogP contribution in [0.4, 0.5) is 17.1 Å². The minimum atomic E-state index is -1.25. The van der Waals surface area contributed by atoms with Crippen molar-refractivity contribution in [2.45, 2.75) is 0 Å². The Morgan fingerprint density at radius 2 is 1.95 bits per heavy atom. The molecule has 0 radical (unpaired) electrons. The van der Waals surface area contributed by atoms with Gasteiger partial charge in [-0.2, -0.15) is 0 Å². The van der Waals surface area contributed by atoms with Crippen LogP contribution in [0.1, 0.15) is 10.4 Å². The Bertz CT molecular complexity index is 656. The van der Waals surface area contributed by atoms with Gasteiger partial charge >= 0.3 is 5.97 Å². The highest BCUT2D eigenvalue weighted by atomic mass is 35.5. The summed E-state index contributed by atoms with van der Waals surface area (Å²) in [5.41, 5.74) is -0.106. The van der Waals surface area contributed by atoms with Gasteiger partial charge in [0.25, 0.3) is 5.69 Å². The minimum absolute atomic E-state index is 0.0766. The summed E-state index contributed by atoms with van der Waals surface area (Å²) >= 11 is 5.83. The number of nitrogens with one attached hydrogen (secondary N) is 1. The number of carboxylic acids is 1. The Kier molecular flexibility index (Phi) is 3.86. The number of anilines is 2. The van der Waals surface area contributed by atoms with Crippen LogP contribution in [-0.4, -0.2) is 16.0 Å². The fourth-order valence-corrected chi connectivity index (χ4v) is 1.90. The van der Waals surface area contributed by atoms with Crippen molar-refractivity contribution in [2.24, 2.45) is 0 Å². The van der Waals surface area contributed by atoms with Crippen LogP contribution in [0, 0.1) is 10.1 Å². The van der Waals surface area contributed by atoms with Crippen molar-refractivity contribution in [3.05, 3.63) is 63.2 Å². The van der Waals surface area contributed by atoms with Gasteiger partial charge in [-0.15, -0.1) is 0 Å². The van der Waals surface area contributed by atoms with Gasteiger partial charge in [0.15, 0.2) is 0 Å². The second-order valence-corrected chi connectivity index (χ2v) is 4.33. The van der Waals surface area contributed by atoms with E-state index in [1.54, 1.807) is 24.3 Å². The lowest BCUT2D eigenvalue weighted by molar-refractivity contribution is -0.383. The van der Waals surface area contributed by atoms with Crippen molar-refractivity contribution < 1.29 is 14.8 Å². The SMILES string of the molecule is O=C(O)c1cccc([N+](=O)[O-])c1Nc1cccc(Cl)c1. The standard InChI is InChI=1S/C13H9ClN2O4/c14-8-3-1-4-9(7-8)15-12-10(13(17)18)5-2-6-11(12)16(19)20/h1-7,15H,(H,17,18). The average molecular weight is 293 g/mol. The lowest BCUT2D eigenvalue weighted by atomic mass is 10.1. The summed E-state index contributed by atoms with van der Waals surface area (Å²) in [7, 11) is 0. The molecule has 0 aromatic heterocycles. The molecule has 2 aromatic carbocycles. The maximum atomic E-state index is 11.2. The van der Waals surface area contributed by atoms with Crippen molar-refractivity contribution in [1.29, 1.82) is 0 Å². The zero-order chi connectivity index (χ0) is 14.7. The molecule has 6 nitrogen and oxygen atoms in total. The molecule has 2 rings (SSSR count). The summed E-state index contributed by atoms with van der Waals surface area (Å²) in [5.74, 6) is -1.25. The molecule has 20 heavy (non-hydrogen) atoms. The number of carbonyl (C=O) groups is 1. The fraction of sp³-hybridized carbons (Fsp3) is 0. The van der Waals surface area contributed by atoms with Crippen molar-refractivity contribution in [3.8, 4) is 0 Å². The van der Waals surface area contributed by atoms with Crippen LogP contribution in [0.5, 0.6) is 0 Å². The molecule has 0 spiro atoms. The molecule has 102 valence electrons. The number of aromatic carboxylic acids is 1. The Hall–Kier alpha value is -2.60. The van der Waals surface area contributed by atoms with Crippen LogP contribution in [0.3, 0.4) is 0 Å². The van der Waals surface area contributed by atoms with Gasteiger partial charge < -0.3 is 10.4 Å². The molecule has 0 aliphatic heterocycles. The highest BCUT2D eigenvalue weighted by molar-refractivity contribution is 6.30. The molecular weight excluding hydrogens is 284 g/mol. The zero-order valence-corrected chi connectivity index (χ0v) is 10.8. The highest BCUT2D eigenvalue weighted by Crippen LogP contribution is 2.31. The quantitative estimate of drug-likeness (QED) is 0.662. The molecule has 0 amide bonds. The Labute approximate surface area is 118 Å². The summed E-state index contributed by atoms with van der Waals surface area (Å²) in [4.78, 5) is 21.5. The predicted octanol–water partition coefficient (Wildman–Crippen LogP) is 3.69. The van der Waals surface area contributed by atoms with E-state index in [1.807, 2.05) is 0 Å². The first-order chi connectivity index (χ1) is 9.49. The number of hydrogen-bond acceptors (Lipinski definition) is 4. The molecule has 7 heteroatoms. The molecule has 0 aliphatic carbocycles. The third kappa shape index (κ3) is 2.86. The molecule has 0 saturated carbocycles. The third-order valence-corrected chi connectivity index (χ3v) is 2.80. The predicted molar refractivity (Wildman–Crippen MR) is 74.8 cm³/mol. The molecule has 0 heterocycles. The van der Waals surface area contributed by atoms with Crippen LogP contribution < -0.4 is 5.32 Å². The number of nitro groups is 1. The average Bonchev–Trinajstić information content (AvgIpc) is 2.38. The summed E-state index contributed by atoms with van der Waals surface area (Å²) in [6.07, 6.45) is 0. The molecular formula is C13H9ClN2O4. The molecule has 0 bridgehead atoms. The summed E-state index contributed by atoms with van der Waals surface area (Å²) < 4.78 is 0. The molecule has 0 atom stereocenters. The van der Waals surface area contributed by atoms with E-state index in [0.717, 1.165) is 0 Å². The van der Waals surface area contributed by atoms with Crippen molar-refractivity contribution >= 4 is 34.6 Å². The lowest BCUT2D eigenvalue weighted by Gasteiger charge is -2.10. The Morgan fingerprint density at radius 1 is 1.25 bits per heavy atom. The smallest absolute Gasteiger partial charge is 0.338 e. The van der Waals surface area contributed by atoms with E-state index >= 15 is 0 Å². The van der Waals surface area contributed by atoms with Crippen LogP contribution in [0.2, 0.25) is 5.02 Å². The van der Waals surface area contributed by atoms with Gasteiger partial charge in [-0.25, -0.2) is 4.79 Å². The number of nitro benzene ring substituents is 1. The highest BCUT2D eigenvalue weighted by Gasteiger charge is 2.21. The van der Waals surface area contributed by atoms with Gasteiger partial charge in [0.1, 0.15) is 5.69 Å². The minimum Gasteiger partial charge on any atom is -0.478 e. The molecule has 0 saturated heterocycles. The summed E-state index contributed by atoms with van der Waals surface area (Å²) in [5, 5.41) is 23.3. The van der Waals surface area contributed by atoms with Crippen molar-refractivity contribution in [2.75, 3.05) is 5.32 Å². The number of benzene rings is 2. The largest absolute Gasteiger partial charge is 0.478 e.